The minimum absolute atomic E-state index is 0.0563. The second kappa shape index (κ2) is 8.96. The van der Waals surface area contributed by atoms with Gasteiger partial charge in [-0.3, -0.25) is 14.8 Å². The zero-order valence-corrected chi connectivity index (χ0v) is 18.9. The van der Waals surface area contributed by atoms with E-state index in [4.69, 9.17) is 0 Å². The lowest BCUT2D eigenvalue weighted by atomic mass is 9.68. The molecular weight excluding hydrogens is 404 g/mol. The first-order valence-corrected chi connectivity index (χ1v) is 11.1. The van der Waals surface area contributed by atoms with Crippen molar-refractivity contribution in [1.82, 2.24) is 19.8 Å². The van der Waals surface area contributed by atoms with Crippen molar-refractivity contribution < 1.29 is 9.90 Å². The number of aromatic nitrogens is 2. The highest BCUT2D eigenvalue weighted by molar-refractivity contribution is 5.95. The molecule has 1 aromatic heterocycles. The minimum Gasteiger partial charge on any atom is -0.395 e. The highest BCUT2D eigenvalue weighted by Gasteiger charge is 2.54. The lowest BCUT2D eigenvalue weighted by Crippen LogP contribution is -2.55. The van der Waals surface area contributed by atoms with E-state index in [0.29, 0.717) is 31.1 Å². The van der Waals surface area contributed by atoms with Crippen LogP contribution in [0.2, 0.25) is 0 Å². The molecule has 170 valence electrons. The Balaban J connectivity index is 1.60. The van der Waals surface area contributed by atoms with Crippen LogP contribution in [0.4, 0.5) is 10.5 Å². The number of carbonyl (C=O) groups is 1. The van der Waals surface area contributed by atoms with Gasteiger partial charge in [-0.05, 0) is 52.1 Å². The van der Waals surface area contributed by atoms with E-state index in [1.54, 1.807) is 17.3 Å². The van der Waals surface area contributed by atoms with E-state index in [-0.39, 0.29) is 23.7 Å². The van der Waals surface area contributed by atoms with E-state index in [2.05, 4.69) is 64.9 Å². The molecule has 32 heavy (non-hydrogen) atoms. The number of carbonyl (C=O) groups excluding carboxylic acids is 1. The zero-order chi connectivity index (χ0) is 22.8. The standard InChI is InChI=1S/C24H32N6O2/c1-25-17-21-26-15-20(16-27-21)29-18-23(30(13-14-31)22(29)32)9-11-24(12-10-23,28(2)3)19-7-5-4-6-8-19/h4-8,15-16,31H,1,9-14,17-18H2,2-3H3. The van der Waals surface area contributed by atoms with Crippen LogP contribution in [0.5, 0.6) is 0 Å². The summed E-state index contributed by atoms with van der Waals surface area (Å²) in [5.74, 6) is 0.577. The summed E-state index contributed by atoms with van der Waals surface area (Å²) in [5, 5.41) is 9.72. The summed E-state index contributed by atoms with van der Waals surface area (Å²) in [6.45, 7) is 4.67. The van der Waals surface area contributed by atoms with Gasteiger partial charge in [-0.15, -0.1) is 0 Å². The maximum Gasteiger partial charge on any atom is 0.325 e. The first kappa shape index (κ1) is 22.4. The molecule has 1 saturated carbocycles. The monoisotopic (exact) mass is 436 g/mol. The molecule has 4 rings (SSSR count). The van der Waals surface area contributed by atoms with Crippen LogP contribution in [0.25, 0.3) is 0 Å². The molecule has 1 saturated heterocycles. The number of anilines is 1. The van der Waals surface area contributed by atoms with Crippen LogP contribution in [0.1, 0.15) is 37.1 Å². The van der Waals surface area contributed by atoms with Gasteiger partial charge in [0.1, 0.15) is 5.82 Å². The summed E-state index contributed by atoms with van der Waals surface area (Å²) in [6, 6.07) is 10.5. The van der Waals surface area contributed by atoms with E-state index in [0.717, 1.165) is 25.7 Å². The number of nitrogens with zero attached hydrogens (tertiary/aromatic N) is 6. The van der Waals surface area contributed by atoms with E-state index >= 15 is 0 Å². The number of β-amino-alcohol motifs (C(OH)–C–C–N with tert-alkyl or cyclic N) is 1. The van der Waals surface area contributed by atoms with Crippen LogP contribution in [-0.2, 0) is 12.1 Å². The Kier molecular flexibility index (Phi) is 6.26. The molecule has 0 unspecified atom stereocenters. The van der Waals surface area contributed by atoms with E-state index in [1.807, 2.05) is 11.0 Å². The Hall–Kier alpha value is -2.84. The van der Waals surface area contributed by atoms with Gasteiger partial charge in [0.25, 0.3) is 0 Å². The Morgan fingerprint density at radius 1 is 1.12 bits per heavy atom. The Morgan fingerprint density at radius 2 is 1.78 bits per heavy atom. The molecule has 1 spiro atoms. The lowest BCUT2D eigenvalue weighted by molar-refractivity contribution is 0.0216. The average Bonchev–Trinajstić information content (AvgIpc) is 3.07. The maximum atomic E-state index is 13.4. The Morgan fingerprint density at radius 3 is 2.34 bits per heavy atom. The maximum absolute atomic E-state index is 13.4. The van der Waals surface area contributed by atoms with Gasteiger partial charge in [0, 0.05) is 12.1 Å². The van der Waals surface area contributed by atoms with Gasteiger partial charge in [-0.2, -0.15) is 0 Å². The van der Waals surface area contributed by atoms with Crippen molar-refractivity contribution in [2.75, 3.05) is 38.7 Å². The van der Waals surface area contributed by atoms with Gasteiger partial charge in [0.15, 0.2) is 0 Å². The third-order valence-corrected chi connectivity index (χ3v) is 7.24. The van der Waals surface area contributed by atoms with Gasteiger partial charge in [0.05, 0.1) is 43.3 Å². The summed E-state index contributed by atoms with van der Waals surface area (Å²) < 4.78 is 0. The van der Waals surface area contributed by atoms with Crippen molar-refractivity contribution in [3.8, 4) is 0 Å². The molecular formula is C24H32N6O2. The average molecular weight is 437 g/mol. The molecule has 1 N–H and O–H groups in total. The fraction of sp³-hybridized carbons (Fsp3) is 0.500. The number of aliphatic hydroxyl groups excluding tert-OH is 1. The first-order valence-electron chi connectivity index (χ1n) is 11.1. The number of aliphatic hydroxyl groups is 1. The topological polar surface area (TPSA) is 85.2 Å². The summed E-state index contributed by atoms with van der Waals surface area (Å²) in [7, 11) is 4.28. The van der Waals surface area contributed by atoms with Gasteiger partial charge in [-0.1, -0.05) is 30.3 Å². The molecule has 1 aliphatic heterocycles. The molecule has 2 fully saturated rings. The molecule has 2 amide bonds. The zero-order valence-electron chi connectivity index (χ0n) is 18.9. The highest BCUT2D eigenvalue weighted by Crippen LogP contribution is 2.49. The van der Waals surface area contributed by atoms with Gasteiger partial charge < -0.3 is 10.0 Å². The Labute approximate surface area is 189 Å². The molecule has 0 atom stereocenters. The third kappa shape index (κ3) is 3.78. The van der Waals surface area contributed by atoms with Crippen molar-refractivity contribution in [2.45, 2.75) is 43.3 Å². The summed E-state index contributed by atoms with van der Waals surface area (Å²) in [4.78, 5) is 31.8. The largest absolute Gasteiger partial charge is 0.395 e. The number of hydrogen-bond acceptors (Lipinski definition) is 6. The third-order valence-electron chi connectivity index (χ3n) is 7.24. The SMILES string of the molecule is C=NCc1ncc(N2CC3(CCC(c4ccccc4)(N(C)C)CC3)N(CCO)C2=O)cn1. The van der Waals surface area contributed by atoms with Gasteiger partial charge in [0.2, 0.25) is 0 Å². The van der Waals surface area contributed by atoms with Crippen LogP contribution >= 0.6 is 0 Å². The normalized spacial score (nSPS) is 25.7. The quantitative estimate of drug-likeness (QED) is 0.675. The van der Waals surface area contributed by atoms with Crippen LogP contribution in [0.15, 0.2) is 47.7 Å². The summed E-state index contributed by atoms with van der Waals surface area (Å²) >= 11 is 0. The predicted molar refractivity (Wildman–Crippen MR) is 125 cm³/mol. The minimum atomic E-state index is -0.310. The predicted octanol–water partition coefficient (Wildman–Crippen LogP) is 2.68. The smallest absolute Gasteiger partial charge is 0.325 e. The fourth-order valence-electron chi connectivity index (χ4n) is 5.40. The van der Waals surface area contributed by atoms with Gasteiger partial charge in [-0.25, -0.2) is 14.8 Å². The number of benzene rings is 1. The fourth-order valence-corrected chi connectivity index (χ4v) is 5.40. The number of rotatable bonds is 7. The van der Waals surface area contributed by atoms with Crippen molar-refractivity contribution in [3.05, 3.63) is 54.1 Å². The molecule has 2 aromatic rings. The molecule has 0 bridgehead atoms. The molecule has 1 aliphatic carbocycles. The van der Waals surface area contributed by atoms with Crippen molar-refractivity contribution in [1.29, 1.82) is 0 Å². The van der Waals surface area contributed by atoms with Crippen molar-refractivity contribution >= 4 is 18.4 Å². The number of aliphatic imine (C=N–C) groups is 1. The van der Waals surface area contributed by atoms with Crippen molar-refractivity contribution in [2.24, 2.45) is 4.99 Å². The summed E-state index contributed by atoms with van der Waals surface area (Å²) in [6.07, 6.45) is 6.96. The van der Waals surface area contributed by atoms with Gasteiger partial charge >= 0.3 is 6.03 Å². The molecule has 2 heterocycles. The second-order valence-corrected chi connectivity index (χ2v) is 9.00. The van der Waals surface area contributed by atoms with Crippen LogP contribution in [0.3, 0.4) is 0 Å². The van der Waals surface area contributed by atoms with Crippen LogP contribution < -0.4 is 4.90 Å². The molecule has 8 heteroatoms. The first-order chi connectivity index (χ1) is 15.5. The number of amides is 2. The summed E-state index contributed by atoms with van der Waals surface area (Å²) in [5.41, 5.74) is 1.62. The second-order valence-electron chi connectivity index (χ2n) is 9.00. The molecule has 0 radical (unpaired) electrons. The number of hydrogen-bond donors (Lipinski definition) is 1. The number of urea groups is 1. The highest BCUT2D eigenvalue weighted by atomic mass is 16.3. The van der Waals surface area contributed by atoms with E-state index in [9.17, 15) is 9.90 Å². The van der Waals surface area contributed by atoms with E-state index in [1.165, 1.54) is 5.56 Å². The molecule has 1 aromatic carbocycles. The molecule has 8 nitrogen and oxygen atoms in total. The van der Waals surface area contributed by atoms with Crippen molar-refractivity contribution in [3.63, 3.8) is 0 Å². The molecule has 2 aliphatic rings. The Bertz CT molecular complexity index is 939. The van der Waals surface area contributed by atoms with Crippen LogP contribution in [0, 0.1) is 0 Å². The van der Waals surface area contributed by atoms with E-state index < -0.39 is 0 Å². The lowest BCUT2D eigenvalue weighted by Gasteiger charge is -2.51. The van der Waals surface area contributed by atoms with Crippen LogP contribution in [-0.4, -0.2) is 77.0 Å².